The van der Waals surface area contributed by atoms with Crippen molar-refractivity contribution in [2.75, 3.05) is 9.80 Å². The van der Waals surface area contributed by atoms with Gasteiger partial charge in [0.25, 0.3) is 6.71 Å². The van der Waals surface area contributed by atoms with Crippen molar-refractivity contribution in [3.05, 3.63) is 155 Å². The highest BCUT2D eigenvalue weighted by atomic mass is 32.2. The number of aromatic nitrogens is 1. The molecule has 2 aromatic heterocycles. The van der Waals surface area contributed by atoms with Crippen LogP contribution >= 0.6 is 23.5 Å². The predicted octanol–water partition coefficient (Wildman–Crippen LogP) is 16.3. The molecule has 4 nitrogen and oxygen atoms in total. The summed E-state index contributed by atoms with van der Waals surface area (Å²) in [5.74, 6) is 0. The molecular weight excluding hydrogens is 914 g/mol. The fraction of sp³-hybridized carbons (Fsp3) is 0.277. The second-order valence-electron chi connectivity index (χ2n) is 25.1. The van der Waals surface area contributed by atoms with Gasteiger partial charge in [-0.3, -0.25) is 0 Å². The second-order valence-corrected chi connectivity index (χ2v) is 27.2. The Bertz CT molecular complexity index is 3690. The molecule has 7 aromatic carbocycles. The van der Waals surface area contributed by atoms with Crippen LogP contribution in [0.2, 0.25) is 0 Å². The van der Waals surface area contributed by atoms with Crippen molar-refractivity contribution in [1.29, 1.82) is 0 Å². The molecular formula is C65H63BN3OS2+. The number of hydrogen-bond donors (Lipinski definition) is 0. The third kappa shape index (κ3) is 6.78. The maximum absolute atomic E-state index is 7.07. The molecule has 0 bridgehead atoms. The number of nitrogens with zero attached hydrogens (tertiary/aromatic N) is 3. The predicted molar refractivity (Wildman–Crippen MR) is 308 cm³/mol. The molecule has 0 aliphatic carbocycles. The van der Waals surface area contributed by atoms with E-state index in [1.807, 2.05) is 23.5 Å². The Morgan fingerprint density at radius 3 is 1.51 bits per heavy atom. The lowest BCUT2D eigenvalue weighted by molar-refractivity contribution is -0.660. The Hall–Kier alpha value is -6.15. The largest absolute Gasteiger partial charge is 0.455 e. The second kappa shape index (κ2) is 15.2. The summed E-state index contributed by atoms with van der Waals surface area (Å²) in [5, 5.41) is 2.26. The molecule has 0 fully saturated rings. The number of fused-ring (bicyclic) bond motifs is 11. The van der Waals surface area contributed by atoms with E-state index in [-0.39, 0.29) is 28.4 Å². The molecule has 0 atom stereocenters. The van der Waals surface area contributed by atoms with Gasteiger partial charge in [-0.25, -0.2) is 4.57 Å². The number of hydrogen-bond acceptors (Lipinski definition) is 5. The van der Waals surface area contributed by atoms with Crippen LogP contribution in [0.1, 0.15) is 111 Å². The standard InChI is InChI=1S/C65H63BN3OS2/c1-36-18-22-44-43-23-19-37(29-52(43)70-61(44)57(36)49-17-15-16-26-67(49)14)38-27-50-58-51(28-38)69-48-25-21-40(63(5,6)7)33-54(48)72-56-35-42(65(11,12)13)31-46(60(56)69)66(58)45-30-41(64(8,9)10)34-55-59(45)68(50)47-24-20-39(62(2,3)4)32-53(47)71-55/h15-35H,1-14H3/q+1. The first-order chi connectivity index (χ1) is 34.0. The summed E-state index contributed by atoms with van der Waals surface area (Å²) < 4.78 is 9.26. The van der Waals surface area contributed by atoms with Gasteiger partial charge in [-0.05, 0) is 151 Å². The molecule has 0 unspecified atom stereocenters. The highest BCUT2D eigenvalue weighted by Crippen LogP contribution is 2.59. The normalized spacial score (nSPS) is 14.6. The summed E-state index contributed by atoms with van der Waals surface area (Å²) in [6.45, 7) is 30.4. The molecule has 358 valence electrons. The number of furan rings is 1. The van der Waals surface area contributed by atoms with Crippen molar-refractivity contribution in [1.82, 2.24) is 0 Å². The number of rotatable bonds is 2. The molecule has 9 aromatic rings. The Kier molecular flexibility index (Phi) is 9.65. The van der Waals surface area contributed by atoms with Gasteiger partial charge in [0, 0.05) is 53.9 Å². The van der Waals surface area contributed by atoms with Crippen LogP contribution < -0.4 is 30.8 Å². The zero-order chi connectivity index (χ0) is 50.3. The first-order valence-electron chi connectivity index (χ1n) is 25.7. The smallest absolute Gasteiger partial charge is 0.252 e. The van der Waals surface area contributed by atoms with Crippen LogP contribution in [0.25, 0.3) is 44.3 Å². The summed E-state index contributed by atoms with van der Waals surface area (Å²) >= 11 is 3.91. The minimum absolute atomic E-state index is 0.00653. The topological polar surface area (TPSA) is 23.5 Å². The number of benzene rings is 7. The van der Waals surface area contributed by atoms with E-state index in [1.54, 1.807) is 0 Å². The van der Waals surface area contributed by atoms with Gasteiger partial charge in [0.2, 0.25) is 5.69 Å². The zero-order valence-electron chi connectivity index (χ0n) is 44.3. The van der Waals surface area contributed by atoms with Crippen molar-refractivity contribution in [2.24, 2.45) is 7.05 Å². The molecule has 0 saturated carbocycles. The molecule has 0 saturated heterocycles. The van der Waals surface area contributed by atoms with Crippen LogP contribution in [0, 0.1) is 6.92 Å². The Labute approximate surface area is 434 Å². The molecule has 0 amide bonds. The van der Waals surface area contributed by atoms with Crippen LogP contribution in [0.15, 0.2) is 152 Å². The molecule has 13 rings (SSSR count). The average Bonchev–Trinajstić information content (AvgIpc) is 3.69. The molecule has 6 heterocycles. The highest BCUT2D eigenvalue weighted by Gasteiger charge is 2.49. The maximum atomic E-state index is 7.07. The molecule has 0 spiro atoms. The van der Waals surface area contributed by atoms with Crippen molar-refractivity contribution in [3.8, 4) is 22.4 Å². The summed E-state index contributed by atoms with van der Waals surface area (Å²) in [4.78, 5) is 10.6. The van der Waals surface area contributed by atoms with Gasteiger partial charge in [0.15, 0.2) is 6.20 Å². The third-order valence-electron chi connectivity index (χ3n) is 16.0. The fourth-order valence-electron chi connectivity index (χ4n) is 11.8. The minimum atomic E-state index is -0.0577. The maximum Gasteiger partial charge on any atom is 0.252 e. The van der Waals surface area contributed by atoms with E-state index in [2.05, 4.69) is 239 Å². The van der Waals surface area contributed by atoms with E-state index in [0.29, 0.717) is 0 Å². The van der Waals surface area contributed by atoms with E-state index >= 15 is 0 Å². The van der Waals surface area contributed by atoms with E-state index in [9.17, 15) is 0 Å². The van der Waals surface area contributed by atoms with Gasteiger partial charge in [0.1, 0.15) is 18.2 Å². The first kappa shape index (κ1) is 45.7. The highest BCUT2D eigenvalue weighted by molar-refractivity contribution is 8.00. The third-order valence-corrected chi connectivity index (χ3v) is 18.1. The van der Waals surface area contributed by atoms with Crippen LogP contribution in [0.4, 0.5) is 34.1 Å². The van der Waals surface area contributed by atoms with E-state index in [1.165, 1.54) is 103 Å². The Morgan fingerprint density at radius 1 is 0.486 bits per heavy atom. The van der Waals surface area contributed by atoms with Crippen LogP contribution in [-0.4, -0.2) is 6.71 Å². The van der Waals surface area contributed by atoms with Crippen molar-refractivity contribution in [2.45, 2.75) is 131 Å². The molecule has 72 heavy (non-hydrogen) atoms. The Balaban J connectivity index is 1.13. The number of pyridine rings is 1. The lowest BCUT2D eigenvalue weighted by atomic mass is 9.33. The summed E-state index contributed by atoms with van der Waals surface area (Å²) in [6, 6.07) is 47.5. The van der Waals surface area contributed by atoms with Crippen LogP contribution in [-0.2, 0) is 28.7 Å². The van der Waals surface area contributed by atoms with Crippen molar-refractivity contribution < 1.29 is 8.98 Å². The van der Waals surface area contributed by atoms with Crippen LogP contribution in [0.3, 0.4) is 0 Å². The van der Waals surface area contributed by atoms with Gasteiger partial charge in [-0.2, -0.15) is 0 Å². The van der Waals surface area contributed by atoms with Gasteiger partial charge in [0.05, 0.1) is 28.3 Å². The number of aryl methyl sites for hydroxylation is 2. The summed E-state index contributed by atoms with van der Waals surface area (Å²) in [5.41, 5.74) is 24.7. The van der Waals surface area contributed by atoms with Crippen LogP contribution in [0.5, 0.6) is 0 Å². The quantitative estimate of drug-likeness (QED) is 0.127. The van der Waals surface area contributed by atoms with Crippen molar-refractivity contribution >= 4 is 103 Å². The molecule has 7 heteroatoms. The SMILES string of the molecule is Cc1ccc2c(oc3cc(-c4cc5c6c(c4)N4c7ccc(C(C)(C)C)cc7Sc7cc(C(C)(C)C)cc(c74)B6c4cc(C(C)(C)C)cc6c4N5c4ccc(C(C)(C)C)cc4S6)ccc32)c1-c1cccc[n+]1C. The van der Waals surface area contributed by atoms with Gasteiger partial charge >= 0.3 is 0 Å². The molecule has 0 N–H and O–H groups in total. The number of anilines is 6. The summed E-state index contributed by atoms with van der Waals surface area (Å²) in [6.07, 6.45) is 2.11. The Morgan fingerprint density at radius 2 is 1.00 bits per heavy atom. The monoisotopic (exact) mass is 976 g/mol. The van der Waals surface area contributed by atoms with E-state index in [4.69, 9.17) is 4.42 Å². The molecule has 0 radical (unpaired) electrons. The molecule has 4 aliphatic heterocycles. The summed E-state index contributed by atoms with van der Waals surface area (Å²) in [7, 11) is 2.11. The van der Waals surface area contributed by atoms with Gasteiger partial charge in [-0.15, -0.1) is 0 Å². The molecule has 4 aliphatic rings. The van der Waals surface area contributed by atoms with Gasteiger partial charge in [-0.1, -0.05) is 149 Å². The minimum Gasteiger partial charge on any atom is -0.455 e. The van der Waals surface area contributed by atoms with Gasteiger partial charge < -0.3 is 14.2 Å². The van der Waals surface area contributed by atoms with Crippen molar-refractivity contribution in [3.63, 3.8) is 0 Å². The van der Waals surface area contributed by atoms with E-state index in [0.717, 1.165) is 38.8 Å². The fourth-order valence-corrected chi connectivity index (χ4v) is 14.2. The lowest BCUT2D eigenvalue weighted by Crippen LogP contribution is -2.62. The zero-order valence-corrected chi connectivity index (χ0v) is 45.9. The lowest BCUT2D eigenvalue weighted by Gasteiger charge is -2.48. The first-order valence-corrected chi connectivity index (χ1v) is 27.4. The average molecular weight is 977 g/mol. The van der Waals surface area contributed by atoms with E-state index < -0.39 is 0 Å².